The van der Waals surface area contributed by atoms with Crippen LogP contribution in [0.2, 0.25) is 0 Å². The lowest BCUT2D eigenvalue weighted by atomic mass is 10.0. The fraction of sp³-hybridized carbons (Fsp3) is 0.310. The molecule has 1 amide bonds. The number of nitrogens with zero attached hydrogens (tertiary/aromatic N) is 5. The smallest absolute Gasteiger partial charge is 0.254 e. The normalized spacial score (nSPS) is 13.9. The van der Waals surface area contributed by atoms with Crippen LogP contribution < -0.4 is 9.64 Å². The van der Waals surface area contributed by atoms with E-state index in [1.54, 1.807) is 7.11 Å². The van der Waals surface area contributed by atoms with Gasteiger partial charge in [-0.1, -0.05) is 32.0 Å². The molecule has 0 aliphatic carbocycles. The number of amides is 1. The first-order chi connectivity index (χ1) is 17.4. The zero-order chi connectivity index (χ0) is 25.2. The molecule has 3 heterocycles. The Hall–Kier alpha value is -4.00. The second-order valence-corrected chi connectivity index (χ2v) is 9.46. The third-order valence-electron chi connectivity index (χ3n) is 6.60. The highest BCUT2D eigenvalue weighted by Gasteiger charge is 2.25. The molecule has 1 aliphatic rings. The molecule has 0 unspecified atom stereocenters. The molecule has 0 atom stereocenters. The number of piperazine rings is 1. The van der Waals surface area contributed by atoms with Crippen LogP contribution in [0, 0.1) is 6.92 Å². The molecule has 7 nitrogen and oxygen atoms in total. The van der Waals surface area contributed by atoms with Crippen LogP contribution in [0.25, 0.3) is 22.2 Å². The van der Waals surface area contributed by atoms with E-state index in [0.29, 0.717) is 18.7 Å². The summed E-state index contributed by atoms with van der Waals surface area (Å²) < 4.78 is 5.29. The summed E-state index contributed by atoms with van der Waals surface area (Å²) in [6.07, 6.45) is 0. The van der Waals surface area contributed by atoms with Gasteiger partial charge in [0.25, 0.3) is 5.91 Å². The molecule has 0 radical (unpaired) electrons. The van der Waals surface area contributed by atoms with Gasteiger partial charge in [-0.05, 0) is 43.3 Å². The van der Waals surface area contributed by atoms with E-state index in [4.69, 9.17) is 14.7 Å². The van der Waals surface area contributed by atoms with E-state index in [1.165, 1.54) is 0 Å². The Balaban J connectivity index is 1.40. The first-order valence-corrected chi connectivity index (χ1v) is 12.4. The number of anilines is 1. The molecule has 0 bridgehead atoms. The van der Waals surface area contributed by atoms with Gasteiger partial charge in [-0.3, -0.25) is 4.79 Å². The van der Waals surface area contributed by atoms with Crippen molar-refractivity contribution in [3.8, 4) is 17.0 Å². The van der Waals surface area contributed by atoms with E-state index >= 15 is 0 Å². The predicted octanol–water partition coefficient (Wildman–Crippen LogP) is 5.09. The predicted molar refractivity (Wildman–Crippen MR) is 143 cm³/mol. The van der Waals surface area contributed by atoms with Gasteiger partial charge in [0.15, 0.2) is 0 Å². The van der Waals surface area contributed by atoms with Crippen molar-refractivity contribution in [1.82, 2.24) is 19.9 Å². The number of carbonyl (C=O) groups is 1. The third-order valence-corrected chi connectivity index (χ3v) is 6.60. The summed E-state index contributed by atoms with van der Waals surface area (Å²) in [4.78, 5) is 32.1. The molecule has 184 valence electrons. The first-order valence-electron chi connectivity index (χ1n) is 12.4. The summed E-state index contributed by atoms with van der Waals surface area (Å²) in [6.45, 7) is 8.94. The number of ether oxygens (including phenoxy) is 1. The Bertz CT molecular complexity index is 1390. The summed E-state index contributed by atoms with van der Waals surface area (Å²) in [5.41, 5.74) is 4.18. The number of rotatable bonds is 5. The van der Waals surface area contributed by atoms with Gasteiger partial charge in [-0.25, -0.2) is 15.0 Å². The number of aryl methyl sites for hydroxylation is 1. The Morgan fingerprint density at radius 3 is 2.33 bits per heavy atom. The van der Waals surface area contributed by atoms with Gasteiger partial charge in [0.1, 0.15) is 17.4 Å². The quantitative estimate of drug-likeness (QED) is 0.395. The Kier molecular flexibility index (Phi) is 6.55. The maximum Gasteiger partial charge on any atom is 0.254 e. The van der Waals surface area contributed by atoms with E-state index in [9.17, 15) is 4.79 Å². The van der Waals surface area contributed by atoms with Gasteiger partial charge in [0.2, 0.25) is 0 Å². The topological polar surface area (TPSA) is 71.5 Å². The fourth-order valence-electron chi connectivity index (χ4n) is 4.57. The number of fused-ring (bicyclic) bond motifs is 1. The molecule has 36 heavy (non-hydrogen) atoms. The summed E-state index contributed by atoms with van der Waals surface area (Å²) in [5, 5.41) is 0.871. The summed E-state index contributed by atoms with van der Waals surface area (Å²) in [6, 6.07) is 19.5. The molecule has 0 N–H and O–H groups in total. The van der Waals surface area contributed by atoms with Crippen molar-refractivity contribution < 1.29 is 9.53 Å². The lowest BCUT2D eigenvalue weighted by Crippen LogP contribution is -2.49. The van der Waals surface area contributed by atoms with Crippen molar-refractivity contribution in [2.45, 2.75) is 26.7 Å². The van der Waals surface area contributed by atoms with Crippen LogP contribution in [0.5, 0.6) is 5.75 Å². The van der Waals surface area contributed by atoms with E-state index < -0.39 is 0 Å². The van der Waals surface area contributed by atoms with Crippen LogP contribution in [0.3, 0.4) is 0 Å². The lowest BCUT2D eigenvalue weighted by Gasteiger charge is -2.36. The van der Waals surface area contributed by atoms with Crippen LogP contribution in [0.15, 0.2) is 60.7 Å². The minimum atomic E-state index is 0.0322. The van der Waals surface area contributed by atoms with Crippen LogP contribution in [0.4, 0.5) is 5.82 Å². The number of hydrogen-bond acceptors (Lipinski definition) is 6. The molecule has 1 fully saturated rings. The minimum Gasteiger partial charge on any atom is -0.497 e. The van der Waals surface area contributed by atoms with Crippen molar-refractivity contribution in [2.24, 2.45) is 0 Å². The van der Waals surface area contributed by atoms with Crippen molar-refractivity contribution in [3.05, 3.63) is 77.7 Å². The largest absolute Gasteiger partial charge is 0.497 e. The second-order valence-electron chi connectivity index (χ2n) is 9.46. The Morgan fingerprint density at radius 1 is 0.917 bits per heavy atom. The molecule has 0 saturated carbocycles. The highest BCUT2D eigenvalue weighted by Crippen LogP contribution is 2.28. The van der Waals surface area contributed by atoms with E-state index in [1.807, 2.05) is 72.5 Å². The van der Waals surface area contributed by atoms with Gasteiger partial charge in [0, 0.05) is 54.8 Å². The minimum absolute atomic E-state index is 0.0322. The zero-order valence-corrected chi connectivity index (χ0v) is 21.2. The van der Waals surface area contributed by atoms with E-state index in [-0.39, 0.29) is 11.8 Å². The van der Waals surface area contributed by atoms with Crippen LogP contribution in [-0.4, -0.2) is 59.0 Å². The molecule has 1 saturated heterocycles. The fourth-order valence-corrected chi connectivity index (χ4v) is 4.57. The number of pyridine rings is 1. The third kappa shape index (κ3) is 4.73. The van der Waals surface area contributed by atoms with Crippen molar-refractivity contribution >= 4 is 22.6 Å². The Labute approximate surface area is 211 Å². The van der Waals surface area contributed by atoms with E-state index in [2.05, 4.69) is 23.7 Å². The van der Waals surface area contributed by atoms with Crippen molar-refractivity contribution in [1.29, 1.82) is 0 Å². The van der Waals surface area contributed by atoms with Crippen molar-refractivity contribution in [3.63, 3.8) is 0 Å². The highest BCUT2D eigenvalue weighted by molar-refractivity contribution is 6.07. The molecule has 2 aromatic heterocycles. The molecule has 0 spiro atoms. The number of carbonyl (C=O) groups excluding carboxylic acids is 1. The summed E-state index contributed by atoms with van der Waals surface area (Å²) in [5.74, 6) is 2.89. The molecule has 4 aromatic rings. The second kappa shape index (κ2) is 9.93. The summed E-state index contributed by atoms with van der Waals surface area (Å²) >= 11 is 0. The number of benzene rings is 2. The standard InChI is InChI=1S/C29H31N5O2/c1-19(2)28-30-20(3)17-27(32-28)33-13-15-34(16-14-33)29(35)24-18-26(21-9-11-22(36-4)12-10-21)31-25-8-6-5-7-23(24)25/h5-12,17-19H,13-16H2,1-4H3. The van der Waals surface area contributed by atoms with Gasteiger partial charge in [0.05, 0.1) is 23.9 Å². The van der Waals surface area contributed by atoms with Crippen LogP contribution in [0.1, 0.15) is 41.6 Å². The molecule has 1 aliphatic heterocycles. The number of para-hydroxylation sites is 1. The van der Waals surface area contributed by atoms with E-state index in [0.717, 1.165) is 58.3 Å². The number of methoxy groups -OCH3 is 1. The summed E-state index contributed by atoms with van der Waals surface area (Å²) in [7, 11) is 1.65. The SMILES string of the molecule is COc1ccc(-c2cc(C(=O)N3CCN(c4cc(C)nc(C(C)C)n4)CC3)c3ccccc3n2)cc1. The molecular formula is C29H31N5O2. The van der Waals surface area contributed by atoms with Gasteiger partial charge in [-0.15, -0.1) is 0 Å². The van der Waals surface area contributed by atoms with Crippen LogP contribution in [-0.2, 0) is 0 Å². The average Bonchev–Trinajstić information content (AvgIpc) is 2.91. The lowest BCUT2D eigenvalue weighted by molar-refractivity contribution is 0.0748. The van der Waals surface area contributed by atoms with Gasteiger partial charge >= 0.3 is 0 Å². The zero-order valence-electron chi connectivity index (χ0n) is 21.2. The monoisotopic (exact) mass is 481 g/mol. The van der Waals surface area contributed by atoms with Crippen molar-refractivity contribution in [2.75, 3.05) is 38.2 Å². The molecular weight excluding hydrogens is 450 g/mol. The molecule has 5 rings (SSSR count). The van der Waals surface area contributed by atoms with Crippen LogP contribution >= 0.6 is 0 Å². The van der Waals surface area contributed by atoms with Gasteiger partial charge in [-0.2, -0.15) is 0 Å². The highest BCUT2D eigenvalue weighted by atomic mass is 16.5. The molecule has 7 heteroatoms. The maximum absolute atomic E-state index is 13.8. The Morgan fingerprint density at radius 2 is 1.64 bits per heavy atom. The average molecular weight is 482 g/mol. The number of hydrogen-bond donors (Lipinski definition) is 0. The molecule has 2 aromatic carbocycles. The first kappa shape index (κ1) is 23.7. The van der Waals surface area contributed by atoms with Gasteiger partial charge < -0.3 is 14.5 Å². The maximum atomic E-state index is 13.8. The number of aromatic nitrogens is 3.